The average molecular weight is 335 g/mol. The summed E-state index contributed by atoms with van der Waals surface area (Å²) in [5.41, 5.74) is 2.46. The first kappa shape index (κ1) is 17.3. The highest BCUT2D eigenvalue weighted by Gasteiger charge is 2.23. The van der Waals surface area contributed by atoms with Crippen LogP contribution in [0.15, 0.2) is 48.8 Å². The topological polar surface area (TPSA) is 71.3 Å². The summed E-state index contributed by atoms with van der Waals surface area (Å²) in [6, 6.07) is 11.2. The molecule has 7 heteroatoms. The van der Waals surface area contributed by atoms with Crippen molar-refractivity contribution in [1.82, 2.24) is 15.2 Å². The molecule has 122 valence electrons. The summed E-state index contributed by atoms with van der Waals surface area (Å²) in [7, 11) is 0. The maximum absolute atomic E-state index is 10.7. The molecular formula is C16H19ClN4O2. The summed E-state index contributed by atoms with van der Waals surface area (Å²) in [6.07, 6.45) is 3.63. The van der Waals surface area contributed by atoms with E-state index in [1.54, 1.807) is 12.1 Å². The molecular weight excluding hydrogens is 316 g/mol. The Morgan fingerprint density at radius 2 is 1.91 bits per heavy atom. The third kappa shape index (κ3) is 4.25. The van der Waals surface area contributed by atoms with E-state index in [1.165, 1.54) is 5.56 Å². The number of nitro groups is 1. The third-order valence-electron chi connectivity index (χ3n) is 3.98. The number of hydrogen-bond acceptors (Lipinski definition) is 5. The molecule has 2 aromatic rings. The van der Waals surface area contributed by atoms with Gasteiger partial charge in [-0.3, -0.25) is 20.0 Å². The van der Waals surface area contributed by atoms with Gasteiger partial charge in [-0.15, -0.1) is 12.4 Å². The number of halogens is 1. The molecule has 0 bridgehead atoms. The first-order chi connectivity index (χ1) is 10.7. The van der Waals surface area contributed by atoms with Crippen LogP contribution in [0.25, 0.3) is 0 Å². The Morgan fingerprint density at radius 1 is 1.22 bits per heavy atom. The Morgan fingerprint density at radius 3 is 2.57 bits per heavy atom. The van der Waals surface area contributed by atoms with E-state index >= 15 is 0 Å². The molecule has 1 aliphatic heterocycles. The molecule has 1 atom stereocenters. The van der Waals surface area contributed by atoms with Crippen molar-refractivity contribution in [3.8, 4) is 0 Å². The van der Waals surface area contributed by atoms with Gasteiger partial charge in [-0.2, -0.15) is 0 Å². The second-order valence-corrected chi connectivity index (χ2v) is 5.39. The van der Waals surface area contributed by atoms with Gasteiger partial charge in [0, 0.05) is 56.7 Å². The van der Waals surface area contributed by atoms with Gasteiger partial charge in [0.15, 0.2) is 0 Å². The van der Waals surface area contributed by atoms with E-state index < -0.39 is 0 Å². The monoisotopic (exact) mass is 334 g/mol. The van der Waals surface area contributed by atoms with Crippen molar-refractivity contribution in [3.05, 3.63) is 70.0 Å². The predicted octanol–water partition coefficient (Wildman–Crippen LogP) is 2.56. The van der Waals surface area contributed by atoms with Gasteiger partial charge in [-0.05, 0) is 23.3 Å². The summed E-state index contributed by atoms with van der Waals surface area (Å²) in [6.45, 7) is 3.59. The summed E-state index contributed by atoms with van der Waals surface area (Å²) in [4.78, 5) is 16.8. The van der Waals surface area contributed by atoms with Crippen LogP contribution in [-0.2, 0) is 6.54 Å². The number of nitro benzene ring substituents is 1. The standard InChI is InChI=1S/C16H18N4O2.ClH/c21-20(22)15-3-1-13(2-4-15)12-19-10-9-18-11-16(19)14-5-7-17-8-6-14;/h1-8,16,18H,9-12H2;1H. The Labute approximate surface area is 141 Å². The number of non-ortho nitro benzene ring substituents is 1. The number of hydrogen-bond donors (Lipinski definition) is 1. The summed E-state index contributed by atoms with van der Waals surface area (Å²) in [5, 5.41) is 14.1. The zero-order chi connectivity index (χ0) is 15.4. The van der Waals surface area contributed by atoms with Crippen LogP contribution in [0.4, 0.5) is 5.69 Å². The molecule has 6 nitrogen and oxygen atoms in total. The van der Waals surface area contributed by atoms with Crippen LogP contribution >= 0.6 is 12.4 Å². The van der Waals surface area contributed by atoms with Crippen LogP contribution in [0.5, 0.6) is 0 Å². The Balaban J connectivity index is 0.00000192. The molecule has 1 N–H and O–H groups in total. The number of benzene rings is 1. The fraction of sp³-hybridized carbons (Fsp3) is 0.312. The van der Waals surface area contributed by atoms with Gasteiger partial charge in [0.1, 0.15) is 0 Å². The molecule has 1 fully saturated rings. The number of nitrogens with one attached hydrogen (secondary N) is 1. The zero-order valence-corrected chi connectivity index (χ0v) is 13.4. The molecule has 0 amide bonds. The molecule has 23 heavy (non-hydrogen) atoms. The average Bonchev–Trinajstić information content (AvgIpc) is 2.57. The lowest BCUT2D eigenvalue weighted by Gasteiger charge is -2.36. The lowest BCUT2D eigenvalue weighted by Crippen LogP contribution is -2.45. The fourth-order valence-electron chi connectivity index (χ4n) is 2.81. The van der Waals surface area contributed by atoms with E-state index in [0.717, 1.165) is 31.7 Å². The highest BCUT2D eigenvalue weighted by molar-refractivity contribution is 5.85. The van der Waals surface area contributed by atoms with E-state index in [2.05, 4.69) is 15.2 Å². The number of aromatic nitrogens is 1. The minimum atomic E-state index is -0.367. The Hall–Kier alpha value is -2.02. The summed E-state index contributed by atoms with van der Waals surface area (Å²) < 4.78 is 0. The summed E-state index contributed by atoms with van der Waals surface area (Å²) >= 11 is 0. The Kier molecular flexibility index (Phi) is 6.04. The van der Waals surface area contributed by atoms with Crippen molar-refractivity contribution in [3.63, 3.8) is 0 Å². The lowest BCUT2D eigenvalue weighted by molar-refractivity contribution is -0.384. The van der Waals surface area contributed by atoms with Crippen molar-refractivity contribution in [1.29, 1.82) is 0 Å². The summed E-state index contributed by atoms with van der Waals surface area (Å²) in [5.74, 6) is 0. The molecule has 0 saturated carbocycles. The molecule has 3 rings (SSSR count). The van der Waals surface area contributed by atoms with Gasteiger partial charge in [0.25, 0.3) is 5.69 Å². The van der Waals surface area contributed by atoms with E-state index in [-0.39, 0.29) is 23.0 Å². The molecule has 0 aliphatic carbocycles. The maximum Gasteiger partial charge on any atom is 0.269 e. The SMILES string of the molecule is Cl.O=[N+]([O-])c1ccc(CN2CCNCC2c2ccncc2)cc1. The van der Waals surface area contributed by atoms with Crippen LogP contribution in [0, 0.1) is 10.1 Å². The fourth-order valence-corrected chi connectivity index (χ4v) is 2.81. The maximum atomic E-state index is 10.7. The van der Waals surface area contributed by atoms with Gasteiger partial charge in [0.2, 0.25) is 0 Å². The molecule has 1 aromatic carbocycles. The highest BCUT2D eigenvalue weighted by Crippen LogP contribution is 2.24. The van der Waals surface area contributed by atoms with Crippen LogP contribution < -0.4 is 5.32 Å². The lowest BCUT2D eigenvalue weighted by atomic mass is 10.0. The van der Waals surface area contributed by atoms with Gasteiger partial charge in [-0.25, -0.2) is 0 Å². The van der Waals surface area contributed by atoms with Crippen LogP contribution in [0.3, 0.4) is 0 Å². The minimum Gasteiger partial charge on any atom is -0.314 e. The Bertz CT molecular complexity index is 636. The molecule has 2 heterocycles. The number of pyridine rings is 1. The van der Waals surface area contributed by atoms with Crippen LogP contribution in [0.2, 0.25) is 0 Å². The van der Waals surface area contributed by atoms with E-state index in [9.17, 15) is 10.1 Å². The first-order valence-corrected chi connectivity index (χ1v) is 7.32. The van der Waals surface area contributed by atoms with Crippen LogP contribution in [0.1, 0.15) is 17.2 Å². The van der Waals surface area contributed by atoms with Gasteiger partial charge in [-0.1, -0.05) is 12.1 Å². The van der Waals surface area contributed by atoms with Crippen molar-refractivity contribution >= 4 is 18.1 Å². The number of piperazine rings is 1. The quantitative estimate of drug-likeness (QED) is 0.687. The first-order valence-electron chi connectivity index (χ1n) is 7.32. The van der Waals surface area contributed by atoms with E-state index in [1.807, 2.05) is 36.7 Å². The van der Waals surface area contributed by atoms with Crippen molar-refractivity contribution in [2.75, 3.05) is 19.6 Å². The largest absolute Gasteiger partial charge is 0.314 e. The molecule has 0 radical (unpaired) electrons. The molecule has 1 aromatic heterocycles. The third-order valence-corrected chi connectivity index (χ3v) is 3.98. The normalized spacial score (nSPS) is 18.2. The second kappa shape index (κ2) is 8.01. The second-order valence-electron chi connectivity index (χ2n) is 5.39. The van der Waals surface area contributed by atoms with Gasteiger partial charge < -0.3 is 5.32 Å². The van der Waals surface area contributed by atoms with E-state index in [4.69, 9.17) is 0 Å². The van der Waals surface area contributed by atoms with Crippen molar-refractivity contribution in [2.24, 2.45) is 0 Å². The van der Waals surface area contributed by atoms with E-state index in [0.29, 0.717) is 6.04 Å². The minimum absolute atomic E-state index is 0. The highest BCUT2D eigenvalue weighted by atomic mass is 35.5. The van der Waals surface area contributed by atoms with Crippen molar-refractivity contribution in [2.45, 2.75) is 12.6 Å². The number of rotatable bonds is 4. The van der Waals surface area contributed by atoms with Gasteiger partial charge >= 0.3 is 0 Å². The van der Waals surface area contributed by atoms with Crippen LogP contribution in [-0.4, -0.2) is 34.4 Å². The molecule has 1 aliphatic rings. The predicted molar refractivity (Wildman–Crippen MR) is 90.6 cm³/mol. The molecule has 1 unspecified atom stereocenters. The smallest absolute Gasteiger partial charge is 0.269 e. The van der Waals surface area contributed by atoms with Gasteiger partial charge in [0.05, 0.1) is 4.92 Å². The zero-order valence-electron chi connectivity index (χ0n) is 12.6. The van der Waals surface area contributed by atoms with Crippen molar-refractivity contribution < 1.29 is 4.92 Å². The number of nitrogens with zero attached hydrogens (tertiary/aromatic N) is 3. The molecule has 1 saturated heterocycles. The molecule has 0 spiro atoms.